The quantitative estimate of drug-likeness (QED) is 0.768. The van der Waals surface area contributed by atoms with E-state index in [1.165, 1.54) is 0 Å². The molecule has 0 aliphatic rings. The topological polar surface area (TPSA) is 16.1 Å². The van der Waals surface area contributed by atoms with Crippen LogP contribution in [0.15, 0.2) is 30.3 Å². The van der Waals surface area contributed by atoms with Crippen LogP contribution in [0.3, 0.4) is 0 Å². The van der Waals surface area contributed by atoms with Gasteiger partial charge in [0.15, 0.2) is 0 Å². The van der Waals surface area contributed by atoms with Crippen LogP contribution in [0, 0.1) is 0 Å². The Morgan fingerprint density at radius 1 is 1.29 bits per heavy atom. The number of alkyl halides is 1. The van der Waals surface area contributed by atoms with Gasteiger partial charge in [0, 0.05) is 24.4 Å². The first-order valence-corrected chi connectivity index (χ1v) is 6.34. The third-order valence-electron chi connectivity index (χ3n) is 3.07. The van der Waals surface area contributed by atoms with Crippen LogP contribution in [0.5, 0.6) is 0 Å². The highest BCUT2D eigenvalue weighted by atomic mass is 35.5. The largest absolute Gasteiger partial charge is 0.357 e. The lowest BCUT2D eigenvalue weighted by atomic mass is 10.1. The van der Waals surface area contributed by atoms with Crippen molar-refractivity contribution >= 4 is 28.3 Å². The molecule has 0 bridgehead atoms. The molecule has 2 rings (SSSR count). The van der Waals surface area contributed by atoms with E-state index >= 15 is 0 Å². The molecule has 0 atom stereocenters. The number of hydrogen-bond acceptors (Lipinski definition) is 2. The molecule has 1 heterocycles. The average Bonchev–Trinajstić information content (AvgIpc) is 2.36. The zero-order valence-electron chi connectivity index (χ0n) is 10.4. The number of hydrogen-bond donors (Lipinski definition) is 0. The SMILES string of the molecule is CC(C)N(C)c1cc(CCl)c2ccccc2n1. The molecule has 17 heavy (non-hydrogen) atoms. The summed E-state index contributed by atoms with van der Waals surface area (Å²) in [7, 11) is 2.06. The van der Waals surface area contributed by atoms with Crippen LogP contribution in [-0.2, 0) is 5.88 Å². The minimum atomic E-state index is 0.423. The highest BCUT2D eigenvalue weighted by Gasteiger charge is 2.10. The molecule has 0 radical (unpaired) electrons. The molecule has 0 saturated carbocycles. The fourth-order valence-corrected chi connectivity index (χ4v) is 2.01. The number of aromatic nitrogens is 1. The zero-order chi connectivity index (χ0) is 12.4. The number of anilines is 1. The summed E-state index contributed by atoms with van der Waals surface area (Å²) in [5, 5.41) is 1.14. The van der Waals surface area contributed by atoms with Gasteiger partial charge in [-0.05, 0) is 31.5 Å². The standard InChI is InChI=1S/C14H17ClN2/c1-10(2)17(3)14-8-11(9-15)12-6-4-5-7-13(12)16-14/h4-8,10H,9H2,1-3H3. The Kier molecular flexibility index (Phi) is 3.53. The molecule has 0 saturated heterocycles. The number of fused-ring (bicyclic) bond motifs is 1. The highest BCUT2D eigenvalue weighted by molar-refractivity contribution is 6.18. The van der Waals surface area contributed by atoms with Crippen LogP contribution in [0.1, 0.15) is 19.4 Å². The second-order valence-corrected chi connectivity index (χ2v) is 4.76. The molecule has 0 N–H and O–H groups in total. The molecule has 90 valence electrons. The number of nitrogens with zero attached hydrogens (tertiary/aromatic N) is 2. The summed E-state index contributed by atoms with van der Waals surface area (Å²) >= 11 is 6.02. The number of rotatable bonds is 3. The predicted octanol–water partition coefficient (Wildman–Crippen LogP) is 3.82. The first-order chi connectivity index (χ1) is 8.13. The van der Waals surface area contributed by atoms with Crippen LogP contribution < -0.4 is 4.90 Å². The smallest absolute Gasteiger partial charge is 0.129 e. The van der Waals surface area contributed by atoms with Crippen LogP contribution in [-0.4, -0.2) is 18.1 Å². The monoisotopic (exact) mass is 248 g/mol. The molecule has 0 amide bonds. The summed E-state index contributed by atoms with van der Waals surface area (Å²) in [5.74, 6) is 1.50. The predicted molar refractivity (Wildman–Crippen MR) is 74.8 cm³/mol. The van der Waals surface area contributed by atoms with Gasteiger partial charge in [0.1, 0.15) is 5.82 Å². The Labute approximate surface area is 107 Å². The van der Waals surface area contributed by atoms with Crippen molar-refractivity contribution in [1.29, 1.82) is 0 Å². The Bertz CT molecular complexity index is 523. The van der Waals surface area contributed by atoms with E-state index in [9.17, 15) is 0 Å². The molecule has 0 aliphatic carbocycles. The Balaban J connectivity index is 2.60. The van der Waals surface area contributed by atoms with Gasteiger partial charge in [-0.15, -0.1) is 11.6 Å². The zero-order valence-corrected chi connectivity index (χ0v) is 11.2. The van der Waals surface area contributed by atoms with Gasteiger partial charge < -0.3 is 4.90 Å². The third-order valence-corrected chi connectivity index (χ3v) is 3.36. The molecule has 1 aromatic carbocycles. The van der Waals surface area contributed by atoms with Gasteiger partial charge in [0.2, 0.25) is 0 Å². The van der Waals surface area contributed by atoms with Gasteiger partial charge in [0.25, 0.3) is 0 Å². The second kappa shape index (κ2) is 4.92. The van der Waals surface area contributed by atoms with Gasteiger partial charge in [-0.3, -0.25) is 0 Å². The summed E-state index contributed by atoms with van der Waals surface area (Å²) in [6.45, 7) is 4.30. The Hall–Kier alpha value is -1.28. The summed E-state index contributed by atoms with van der Waals surface area (Å²) < 4.78 is 0. The minimum absolute atomic E-state index is 0.423. The van der Waals surface area contributed by atoms with Crippen molar-refractivity contribution in [2.45, 2.75) is 25.8 Å². The highest BCUT2D eigenvalue weighted by Crippen LogP contribution is 2.24. The van der Waals surface area contributed by atoms with Crippen LogP contribution >= 0.6 is 11.6 Å². The van der Waals surface area contributed by atoms with E-state index in [0.29, 0.717) is 11.9 Å². The molecule has 0 unspecified atom stereocenters. The molecule has 0 spiro atoms. The lowest BCUT2D eigenvalue weighted by Gasteiger charge is -2.23. The number of pyridine rings is 1. The van der Waals surface area contributed by atoms with E-state index < -0.39 is 0 Å². The minimum Gasteiger partial charge on any atom is -0.357 e. The first-order valence-electron chi connectivity index (χ1n) is 5.81. The lowest BCUT2D eigenvalue weighted by molar-refractivity contribution is 0.744. The lowest BCUT2D eigenvalue weighted by Crippen LogP contribution is -2.26. The number of benzene rings is 1. The van der Waals surface area contributed by atoms with Crippen molar-refractivity contribution in [3.63, 3.8) is 0 Å². The molecule has 3 heteroatoms. The van der Waals surface area contributed by atoms with Crippen molar-refractivity contribution < 1.29 is 0 Å². The van der Waals surface area contributed by atoms with Gasteiger partial charge in [-0.2, -0.15) is 0 Å². The van der Waals surface area contributed by atoms with Crippen LogP contribution in [0.25, 0.3) is 10.9 Å². The van der Waals surface area contributed by atoms with Crippen molar-refractivity contribution in [1.82, 2.24) is 4.98 Å². The van der Waals surface area contributed by atoms with Crippen LogP contribution in [0.2, 0.25) is 0 Å². The average molecular weight is 249 g/mol. The molecule has 0 fully saturated rings. The van der Waals surface area contributed by atoms with Gasteiger partial charge in [0.05, 0.1) is 5.52 Å². The number of halogens is 1. The van der Waals surface area contributed by atoms with Gasteiger partial charge in [-0.25, -0.2) is 4.98 Å². The fourth-order valence-electron chi connectivity index (χ4n) is 1.79. The van der Waals surface area contributed by atoms with E-state index in [0.717, 1.165) is 22.3 Å². The van der Waals surface area contributed by atoms with E-state index in [1.807, 2.05) is 18.2 Å². The van der Waals surface area contributed by atoms with Crippen molar-refractivity contribution in [2.24, 2.45) is 0 Å². The van der Waals surface area contributed by atoms with E-state index in [-0.39, 0.29) is 0 Å². The fraction of sp³-hybridized carbons (Fsp3) is 0.357. The molecular weight excluding hydrogens is 232 g/mol. The maximum Gasteiger partial charge on any atom is 0.129 e. The third kappa shape index (κ3) is 2.37. The summed E-state index contributed by atoms with van der Waals surface area (Å²) in [5.41, 5.74) is 2.15. The maximum atomic E-state index is 6.02. The summed E-state index contributed by atoms with van der Waals surface area (Å²) in [6, 6.07) is 10.6. The number of para-hydroxylation sites is 1. The molecular formula is C14H17ClN2. The Morgan fingerprint density at radius 3 is 2.65 bits per heavy atom. The van der Waals surface area contributed by atoms with E-state index in [1.54, 1.807) is 0 Å². The maximum absolute atomic E-state index is 6.02. The normalized spacial score (nSPS) is 11.1. The molecule has 1 aromatic heterocycles. The molecule has 0 aliphatic heterocycles. The molecule has 2 aromatic rings. The first kappa shape index (κ1) is 12.2. The van der Waals surface area contributed by atoms with Gasteiger partial charge >= 0.3 is 0 Å². The van der Waals surface area contributed by atoms with Crippen molar-refractivity contribution in [3.05, 3.63) is 35.9 Å². The van der Waals surface area contributed by atoms with Crippen molar-refractivity contribution in [2.75, 3.05) is 11.9 Å². The Morgan fingerprint density at radius 2 is 2.00 bits per heavy atom. The second-order valence-electron chi connectivity index (χ2n) is 4.50. The summed E-state index contributed by atoms with van der Waals surface area (Å²) in [4.78, 5) is 6.83. The van der Waals surface area contributed by atoms with Crippen molar-refractivity contribution in [3.8, 4) is 0 Å². The van der Waals surface area contributed by atoms with Gasteiger partial charge in [-0.1, -0.05) is 18.2 Å². The van der Waals surface area contributed by atoms with Crippen LogP contribution in [0.4, 0.5) is 5.82 Å². The molecule has 2 nitrogen and oxygen atoms in total. The summed E-state index contributed by atoms with van der Waals surface area (Å²) in [6.07, 6.45) is 0. The van der Waals surface area contributed by atoms with E-state index in [4.69, 9.17) is 11.6 Å². The van der Waals surface area contributed by atoms with E-state index in [2.05, 4.69) is 42.9 Å².